The molecular formula is C17H22N4O2. The molecule has 1 aromatic heterocycles. The van der Waals surface area contributed by atoms with Gasteiger partial charge in [0, 0.05) is 20.5 Å². The number of urea groups is 1. The van der Waals surface area contributed by atoms with Crippen LogP contribution in [-0.2, 0) is 12.1 Å². The van der Waals surface area contributed by atoms with Crippen LogP contribution in [-0.4, -0.2) is 28.1 Å². The van der Waals surface area contributed by atoms with Crippen LogP contribution in [0.1, 0.15) is 43.0 Å². The van der Waals surface area contributed by atoms with Crippen molar-refractivity contribution in [1.82, 2.24) is 20.4 Å². The second kappa shape index (κ2) is 6.40. The third-order valence-electron chi connectivity index (χ3n) is 4.37. The van der Waals surface area contributed by atoms with Gasteiger partial charge in [0.2, 0.25) is 5.89 Å². The van der Waals surface area contributed by atoms with Crippen molar-refractivity contribution in [3.63, 3.8) is 0 Å². The number of nitrogens with one attached hydrogen (secondary N) is 1. The molecule has 0 bridgehead atoms. The number of benzene rings is 1. The van der Waals surface area contributed by atoms with Crippen molar-refractivity contribution in [3.8, 4) is 0 Å². The Kier molecular flexibility index (Phi) is 4.32. The van der Waals surface area contributed by atoms with Crippen molar-refractivity contribution in [3.05, 3.63) is 47.6 Å². The number of amides is 2. The molecule has 1 saturated carbocycles. The average Bonchev–Trinajstić information content (AvgIpc) is 3.18. The van der Waals surface area contributed by atoms with Crippen LogP contribution in [0, 0.1) is 6.92 Å². The van der Waals surface area contributed by atoms with Gasteiger partial charge in [-0.05, 0) is 18.4 Å². The molecule has 0 radical (unpaired) electrons. The molecule has 1 aliphatic rings. The van der Waals surface area contributed by atoms with E-state index in [-0.39, 0.29) is 6.03 Å². The van der Waals surface area contributed by atoms with Crippen LogP contribution in [0.3, 0.4) is 0 Å². The molecule has 0 atom stereocenters. The molecule has 2 aromatic rings. The predicted octanol–water partition coefficient (Wildman–Crippen LogP) is 2.99. The third-order valence-corrected chi connectivity index (χ3v) is 4.37. The van der Waals surface area contributed by atoms with E-state index in [0.717, 1.165) is 31.2 Å². The molecule has 1 aromatic carbocycles. The summed E-state index contributed by atoms with van der Waals surface area (Å²) in [4.78, 5) is 18.7. The van der Waals surface area contributed by atoms with Gasteiger partial charge in [0.1, 0.15) is 5.54 Å². The van der Waals surface area contributed by atoms with Crippen molar-refractivity contribution in [1.29, 1.82) is 0 Å². The zero-order valence-electron chi connectivity index (χ0n) is 13.6. The Bertz CT molecular complexity index is 662. The average molecular weight is 314 g/mol. The highest BCUT2D eigenvalue weighted by atomic mass is 16.5. The topological polar surface area (TPSA) is 71.3 Å². The van der Waals surface area contributed by atoms with E-state index in [1.165, 1.54) is 0 Å². The van der Waals surface area contributed by atoms with Crippen molar-refractivity contribution in [2.45, 2.75) is 44.7 Å². The van der Waals surface area contributed by atoms with Crippen LogP contribution < -0.4 is 5.32 Å². The van der Waals surface area contributed by atoms with E-state index in [0.29, 0.717) is 18.3 Å². The summed E-state index contributed by atoms with van der Waals surface area (Å²) in [5.41, 5.74) is 0.598. The summed E-state index contributed by atoms with van der Waals surface area (Å²) in [5.74, 6) is 1.12. The maximum Gasteiger partial charge on any atom is 0.318 e. The van der Waals surface area contributed by atoms with Crippen molar-refractivity contribution < 1.29 is 9.32 Å². The normalized spacial score (nSPS) is 16.3. The molecule has 0 spiro atoms. The molecule has 1 aliphatic carbocycles. The summed E-state index contributed by atoms with van der Waals surface area (Å²) in [5, 5.41) is 7.19. The first-order valence-electron chi connectivity index (χ1n) is 7.97. The van der Waals surface area contributed by atoms with Gasteiger partial charge in [0.25, 0.3) is 0 Å². The monoisotopic (exact) mass is 314 g/mol. The molecule has 1 fully saturated rings. The first kappa shape index (κ1) is 15.5. The lowest BCUT2D eigenvalue weighted by Gasteiger charge is -2.29. The molecule has 1 N–H and O–H groups in total. The minimum Gasteiger partial charge on any atom is -0.340 e. The fourth-order valence-corrected chi connectivity index (χ4v) is 3.11. The lowest BCUT2D eigenvalue weighted by Crippen LogP contribution is -2.49. The van der Waals surface area contributed by atoms with Crippen LogP contribution >= 0.6 is 0 Å². The van der Waals surface area contributed by atoms with Gasteiger partial charge in [0.15, 0.2) is 5.82 Å². The Morgan fingerprint density at radius 2 is 2.00 bits per heavy atom. The molecular weight excluding hydrogens is 292 g/mol. The summed E-state index contributed by atoms with van der Waals surface area (Å²) in [7, 11) is 1.80. The van der Waals surface area contributed by atoms with Crippen LogP contribution in [0.15, 0.2) is 34.9 Å². The maximum absolute atomic E-state index is 12.6. The summed E-state index contributed by atoms with van der Waals surface area (Å²) < 4.78 is 5.11. The van der Waals surface area contributed by atoms with E-state index in [9.17, 15) is 4.79 Å². The lowest BCUT2D eigenvalue weighted by atomic mass is 9.97. The van der Waals surface area contributed by atoms with Gasteiger partial charge in [-0.15, -0.1) is 0 Å². The van der Waals surface area contributed by atoms with Crippen molar-refractivity contribution in [2.75, 3.05) is 7.05 Å². The summed E-state index contributed by atoms with van der Waals surface area (Å²) >= 11 is 0. The molecule has 23 heavy (non-hydrogen) atoms. The fourth-order valence-electron chi connectivity index (χ4n) is 3.11. The Morgan fingerprint density at radius 3 is 2.61 bits per heavy atom. The van der Waals surface area contributed by atoms with E-state index in [4.69, 9.17) is 4.52 Å². The number of aryl methyl sites for hydroxylation is 1. The van der Waals surface area contributed by atoms with Gasteiger partial charge in [0.05, 0.1) is 0 Å². The number of aromatic nitrogens is 2. The van der Waals surface area contributed by atoms with E-state index in [2.05, 4.69) is 15.5 Å². The first-order valence-corrected chi connectivity index (χ1v) is 7.97. The van der Waals surface area contributed by atoms with Crippen molar-refractivity contribution in [2.24, 2.45) is 0 Å². The summed E-state index contributed by atoms with van der Waals surface area (Å²) in [6.07, 6.45) is 3.79. The Morgan fingerprint density at radius 1 is 1.30 bits per heavy atom. The van der Waals surface area contributed by atoms with Gasteiger partial charge >= 0.3 is 6.03 Å². The van der Waals surface area contributed by atoms with Crippen molar-refractivity contribution >= 4 is 6.03 Å². The molecule has 1 heterocycles. The van der Waals surface area contributed by atoms with Crippen LogP contribution in [0.4, 0.5) is 4.79 Å². The second-order valence-corrected chi connectivity index (χ2v) is 6.20. The van der Waals surface area contributed by atoms with Crippen LogP contribution in [0.25, 0.3) is 0 Å². The standard InChI is InChI=1S/C17H22N4O2/c1-13-18-15(20-23-13)17(10-6-7-11-17)19-16(22)21(2)12-14-8-4-3-5-9-14/h3-5,8-9H,6-7,10-12H2,1-2H3,(H,19,22). The number of rotatable bonds is 4. The zero-order chi connectivity index (χ0) is 16.3. The van der Waals surface area contributed by atoms with Gasteiger partial charge < -0.3 is 14.7 Å². The van der Waals surface area contributed by atoms with E-state index in [1.807, 2.05) is 30.3 Å². The molecule has 6 nitrogen and oxygen atoms in total. The number of carbonyl (C=O) groups excluding carboxylic acids is 1. The van der Waals surface area contributed by atoms with Gasteiger partial charge in [-0.3, -0.25) is 0 Å². The van der Waals surface area contributed by atoms with Gasteiger partial charge in [-0.2, -0.15) is 4.98 Å². The molecule has 0 saturated heterocycles. The molecule has 3 rings (SSSR count). The fraction of sp³-hybridized carbons (Fsp3) is 0.471. The molecule has 122 valence electrons. The Hall–Kier alpha value is -2.37. The molecule has 6 heteroatoms. The molecule has 0 unspecified atom stereocenters. The van der Waals surface area contributed by atoms with E-state index >= 15 is 0 Å². The second-order valence-electron chi connectivity index (χ2n) is 6.20. The predicted molar refractivity (Wildman–Crippen MR) is 85.6 cm³/mol. The highest BCUT2D eigenvalue weighted by molar-refractivity contribution is 5.75. The molecule has 0 aliphatic heterocycles. The van der Waals surface area contributed by atoms with Crippen LogP contribution in [0.2, 0.25) is 0 Å². The largest absolute Gasteiger partial charge is 0.340 e. The first-order chi connectivity index (χ1) is 11.1. The number of nitrogens with zero attached hydrogens (tertiary/aromatic N) is 3. The highest BCUT2D eigenvalue weighted by Crippen LogP contribution is 2.37. The minimum atomic E-state index is -0.500. The van der Waals surface area contributed by atoms with E-state index < -0.39 is 5.54 Å². The van der Waals surface area contributed by atoms with Crippen LogP contribution in [0.5, 0.6) is 0 Å². The summed E-state index contributed by atoms with van der Waals surface area (Å²) in [6.45, 7) is 2.33. The quantitative estimate of drug-likeness (QED) is 0.941. The smallest absolute Gasteiger partial charge is 0.318 e. The SMILES string of the molecule is Cc1nc(C2(NC(=O)N(C)Cc3ccccc3)CCCC2)no1. The molecule has 2 amide bonds. The zero-order valence-corrected chi connectivity index (χ0v) is 13.6. The summed E-state index contributed by atoms with van der Waals surface area (Å²) in [6, 6.07) is 9.83. The van der Waals surface area contributed by atoms with Gasteiger partial charge in [-0.1, -0.05) is 48.3 Å². The lowest BCUT2D eigenvalue weighted by molar-refractivity contribution is 0.187. The number of hydrogen-bond acceptors (Lipinski definition) is 4. The van der Waals surface area contributed by atoms with E-state index in [1.54, 1.807) is 18.9 Å². The minimum absolute atomic E-state index is 0.113. The third kappa shape index (κ3) is 3.36. The Labute approximate surface area is 135 Å². The number of hydrogen-bond donors (Lipinski definition) is 1. The number of carbonyl (C=O) groups is 1. The highest BCUT2D eigenvalue weighted by Gasteiger charge is 2.41. The van der Waals surface area contributed by atoms with Gasteiger partial charge in [-0.25, -0.2) is 4.79 Å². The Balaban J connectivity index is 1.71. The maximum atomic E-state index is 12.6.